The van der Waals surface area contributed by atoms with Crippen LogP contribution in [0.4, 0.5) is 0 Å². The monoisotopic (exact) mass is 393 g/mol. The molecule has 0 saturated carbocycles. The number of sulfone groups is 1. The zero-order chi connectivity index (χ0) is 19.5. The van der Waals surface area contributed by atoms with Crippen LogP contribution >= 0.6 is 0 Å². The Hall–Kier alpha value is -2.42. The average molecular weight is 393 g/mol. The number of carbonyl (C=O) groups excluding carboxylic acids is 1. The first-order chi connectivity index (χ1) is 12.8. The lowest BCUT2D eigenvalue weighted by Gasteiger charge is -2.23. The number of aromatic nitrogens is 2. The van der Waals surface area contributed by atoms with Gasteiger partial charge in [-0.25, -0.2) is 8.42 Å². The van der Waals surface area contributed by atoms with E-state index in [0.717, 1.165) is 11.3 Å². The van der Waals surface area contributed by atoms with Gasteiger partial charge in [0.15, 0.2) is 9.84 Å². The van der Waals surface area contributed by atoms with E-state index in [2.05, 4.69) is 15.5 Å². The fourth-order valence-corrected chi connectivity index (χ4v) is 5.22. The van der Waals surface area contributed by atoms with Crippen LogP contribution in [0.5, 0.6) is 5.75 Å². The number of amides is 1. The lowest BCUT2D eigenvalue weighted by Crippen LogP contribution is -2.46. The highest BCUT2D eigenvalue weighted by Gasteiger charge is 2.39. The van der Waals surface area contributed by atoms with Crippen LogP contribution in [0.15, 0.2) is 28.8 Å². The SMILES string of the molecule is COc1ccc(-c2noc(CCCC(=O)NC3(C)CCS(=O)(=O)C3)n2)cc1. The molecule has 1 saturated heterocycles. The van der Waals surface area contributed by atoms with Gasteiger partial charge >= 0.3 is 0 Å². The topological polar surface area (TPSA) is 111 Å². The molecule has 8 nitrogen and oxygen atoms in total. The molecule has 3 rings (SSSR count). The van der Waals surface area contributed by atoms with Gasteiger partial charge in [0.2, 0.25) is 17.6 Å². The van der Waals surface area contributed by atoms with E-state index < -0.39 is 15.4 Å². The third-order valence-electron chi connectivity index (χ3n) is 4.56. The predicted molar refractivity (Wildman–Crippen MR) is 99.0 cm³/mol. The van der Waals surface area contributed by atoms with Gasteiger partial charge in [-0.05, 0) is 44.0 Å². The molecule has 9 heteroatoms. The van der Waals surface area contributed by atoms with Crippen molar-refractivity contribution in [2.24, 2.45) is 0 Å². The molecule has 1 fully saturated rings. The van der Waals surface area contributed by atoms with Crippen LogP contribution in [0, 0.1) is 0 Å². The number of hydrogen-bond acceptors (Lipinski definition) is 7. The molecule has 1 unspecified atom stereocenters. The zero-order valence-corrected chi connectivity index (χ0v) is 16.2. The van der Waals surface area contributed by atoms with Crippen molar-refractivity contribution in [3.8, 4) is 17.1 Å². The normalized spacial score (nSPS) is 21.1. The summed E-state index contributed by atoms with van der Waals surface area (Å²) in [6.45, 7) is 1.77. The van der Waals surface area contributed by atoms with Crippen molar-refractivity contribution in [1.29, 1.82) is 0 Å². The smallest absolute Gasteiger partial charge is 0.226 e. The van der Waals surface area contributed by atoms with Crippen molar-refractivity contribution >= 4 is 15.7 Å². The predicted octanol–water partition coefficient (Wildman–Crippen LogP) is 1.76. The fraction of sp³-hybridized carbons (Fsp3) is 0.500. The lowest BCUT2D eigenvalue weighted by molar-refractivity contribution is -0.122. The van der Waals surface area contributed by atoms with E-state index in [1.54, 1.807) is 14.0 Å². The third-order valence-corrected chi connectivity index (χ3v) is 6.46. The molecular weight excluding hydrogens is 370 g/mol. The van der Waals surface area contributed by atoms with Crippen LogP contribution in [-0.2, 0) is 21.1 Å². The molecule has 146 valence electrons. The number of nitrogens with zero attached hydrogens (tertiary/aromatic N) is 2. The summed E-state index contributed by atoms with van der Waals surface area (Å²) in [7, 11) is -1.45. The highest BCUT2D eigenvalue weighted by Crippen LogP contribution is 2.23. The minimum Gasteiger partial charge on any atom is -0.497 e. The summed E-state index contributed by atoms with van der Waals surface area (Å²) in [6.07, 6.45) is 1.75. The molecule has 2 heterocycles. The Kier molecular flexibility index (Phi) is 5.50. The van der Waals surface area contributed by atoms with Gasteiger partial charge in [0.1, 0.15) is 5.75 Å². The lowest BCUT2D eigenvalue weighted by atomic mass is 10.0. The Balaban J connectivity index is 1.48. The molecule has 1 aromatic heterocycles. The maximum Gasteiger partial charge on any atom is 0.226 e. The van der Waals surface area contributed by atoms with Gasteiger partial charge in [-0.15, -0.1) is 0 Å². The standard InChI is InChI=1S/C18H23N3O5S/c1-18(10-11-27(23,24)12-18)20-15(22)4-3-5-16-19-17(21-26-16)13-6-8-14(25-2)9-7-13/h6-9H,3-5,10-12H2,1-2H3,(H,20,22). The van der Waals surface area contributed by atoms with E-state index in [0.29, 0.717) is 31.0 Å². The van der Waals surface area contributed by atoms with Crippen molar-refractivity contribution in [3.05, 3.63) is 30.2 Å². The maximum atomic E-state index is 12.1. The fourth-order valence-electron chi connectivity index (χ4n) is 3.12. The van der Waals surface area contributed by atoms with Crippen LogP contribution < -0.4 is 10.1 Å². The summed E-state index contributed by atoms with van der Waals surface area (Å²) >= 11 is 0. The van der Waals surface area contributed by atoms with Crippen LogP contribution in [0.25, 0.3) is 11.4 Å². The Morgan fingerprint density at radius 2 is 2.07 bits per heavy atom. The van der Waals surface area contributed by atoms with Crippen molar-refractivity contribution in [2.45, 2.75) is 38.1 Å². The largest absolute Gasteiger partial charge is 0.497 e. The quantitative estimate of drug-likeness (QED) is 0.763. The Morgan fingerprint density at radius 3 is 2.70 bits per heavy atom. The first-order valence-corrected chi connectivity index (χ1v) is 10.6. The molecule has 1 aromatic carbocycles. The van der Waals surface area contributed by atoms with E-state index in [-0.39, 0.29) is 23.8 Å². The highest BCUT2D eigenvalue weighted by atomic mass is 32.2. The Labute approximate surface area is 158 Å². The van der Waals surface area contributed by atoms with Gasteiger partial charge in [-0.2, -0.15) is 4.98 Å². The van der Waals surface area contributed by atoms with Crippen molar-refractivity contribution < 1.29 is 22.5 Å². The number of aryl methyl sites for hydroxylation is 1. The summed E-state index contributed by atoms with van der Waals surface area (Å²) in [6, 6.07) is 7.33. The molecule has 27 heavy (non-hydrogen) atoms. The van der Waals surface area contributed by atoms with Crippen LogP contribution in [-0.4, -0.2) is 48.6 Å². The van der Waals surface area contributed by atoms with Crippen molar-refractivity contribution in [3.63, 3.8) is 0 Å². The van der Waals surface area contributed by atoms with Gasteiger partial charge in [0, 0.05) is 18.4 Å². The molecular formula is C18H23N3O5S. The summed E-state index contributed by atoms with van der Waals surface area (Å²) in [4.78, 5) is 16.4. The number of rotatable bonds is 7. The first-order valence-electron chi connectivity index (χ1n) is 8.77. The molecule has 1 atom stereocenters. The van der Waals surface area contributed by atoms with Crippen molar-refractivity contribution in [1.82, 2.24) is 15.5 Å². The summed E-state index contributed by atoms with van der Waals surface area (Å²) in [5.74, 6) is 1.66. The number of nitrogens with one attached hydrogen (secondary N) is 1. The molecule has 0 spiro atoms. The van der Waals surface area contributed by atoms with Crippen molar-refractivity contribution in [2.75, 3.05) is 18.6 Å². The van der Waals surface area contributed by atoms with Gasteiger partial charge in [0.25, 0.3) is 0 Å². The molecule has 0 aliphatic carbocycles. The first kappa shape index (κ1) is 19.3. The molecule has 0 radical (unpaired) electrons. The number of ether oxygens (including phenoxy) is 1. The highest BCUT2D eigenvalue weighted by molar-refractivity contribution is 7.91. The second kappa shape index (κ2) is 7.67. The third kappa shape index (κ3) is 5.06. The van der Waals surface area contributed by atoms with E-state index in [9.17, 15) is 13.2 Å². The zero-order valence-electron chi connectivity index (χ0n) is 15.4. The maximum absolute atomic E-state index is 12.1. The van der Waals surface area contributed by atoms with E-state index in [4.69, 9.17) is 9.26 Å². The van der Waals surface area contributed by atoms with Crippen LogP contribution in [0.2, 0.25) is 0 Å². The summed E-state index contributed by atoms with van der Waals surface area (Å²) in [5, 5.41) is 6.80. The number of hydrogen-bond donors (Lipinski definition) is 1. The molecule has 1 amide bonds. The molecule has 1 aliphatic heterocycles. The van der Waals surface area contributed by atoms with Crippen LogP contribution in [0.3, 0.4) is 0 Å². The Bertz CT molecular complexity index is 907. The summed E-state index contributed by atoms with van der Waals surface area (Å²) in [5.41, 5.74) is 0.154. The van der Waals surface area contributed by atoms with Gasteiger partial charge < -0.3 is 14.6 Å². The van der Waals surface area contributed by atoms with E-state index in [1.807, 2.05) is 24.3 Å². The number of carbonyl (C=O) groups is 1. The second-order valence-corrected chi connectivity index (χ2v) is 9.23. The molecule has 1 N–H and O–H groups in total. The number of benzene rings is 1. The minimum atomic E-state index is -3.05. The summed E-state index contributed by atoms with van der Waals surface area (Å²) < 4.78 is 33.5. The van der Waals surface area contributed by atoms with Gasteiger partial charge in [-0.3, -0.25) is 4.79 Å². The minimum absolute atomic E-state index is 0.000616. The number of methoxy groups -OCH3 is 1. The molecule has 1 aliphatic rings. The second-order valence-electron chi connectivity index (χ2n) is 7.04. The molecule has 0 bridgehead atoms. The Morgan fingerprint density at radius 1 is 1.33 bits per heavy atom. The van der Waals surface area contributed by atoms with E-state index >= 15 is 0 Å². The molecule has 2 aromatic rings. The van der Waals surface area contributed by atoms with Gasteiger partial charge in [0.05, 0.1) is 24.2 Å². The van der Waals surface area contributed by atoms with Gasteiger partial charge in [-0.1, -0.05) is 5.16 Å². The average Bonchev–Trinajstić information content (AvgIpc) is 3.19. The van der Waals surface area contributed by atoms with Crippen LogP contribution in [0.1, 0.15) is 32.1 Å². The van der Waals surface area contributed by atoms with E-state index in [1.165, 1.54) is 0 Å².